The van der Waals surface area contributed by atoms with Gasteiger partial charge in [-0.2, -0.15) is 0 Å². The maximum Gasteiger partial charge on any atom is 0.142 e. The van der Waals surface area contributed by atoms with Crippen molar-refractivity contribution in [3.05, 3.63) is 56.7 Å². The first-order chi connectivity index (χ1) is 7.84. The molecule has 1 aromatic carbocycles. The minimum absolute atomic E-state index is 0.504. The standard InChI is InChI=1S/C12H10BrNOS/c13-11-6-12(16-9-11)7-14-15-8-10-4-2-1-3-5-10/h1-7,9H,8H2/b14-7+. The number of rotatable bonds is 4. The van der Waals surface area contributed by atoms with E-state index in [0.717, 1.165) is 14.9 Å². The summed E-state index contributed by atoms with van der Waals surface area (Å²) >= 11 is 5.01. The summed E-state index contributed by atoms with van der Waals surface area (Å²) in [6, 6.07) is 12.0. The van der Waals surface area contributed by atoms with Crippen LogP contribution in [-0.2, 0) is 11.4 Å². The quantitative estimate of drug-likeness (QED) is 0.616. The Labute approximate surface area is 107 Å². The van der Waals surface area contributed by atoms with Gasteiger partial charge >= 0.3 is 0 Å². The van der Waals surface area contributed by atoms with Crippen molar-refractivity contribution in [3.63, 3.8) is 0 Å². The van der Waals surface area contributed by atoms with Crippen molar-refractivity contribution in [2.24, 2.45) is 5.16 Å². The summed E-state index contributed by atoms with van der Waals surface area (Å²) in [5.41, 5.74) is 1.12. The van der Waals surface area contributed by atoms with Crippen molar-refractivity contribution in [2.75, 3.05) is 0 Å². The Hall–Kier alpha value is -1.13. The molecular weight excluding hydrogens is 286 g/mol. The van der Waals surface area contributed by atoms with Crippen molar-refractivity contribution < 1.29 is 4.84 Å². The molecule has 2 rings (SSSR count). The highest BCUT2D eigenvalue weighted by atomic mass is 79.9. The third-order valence-corrected chi connectivity index (χ3v) is 3.54. The van der Waals surface area contributed by atoms with Crippen LogP contribution >= 0.6 is 27.3 Å². The van der Waals surface area contributed by atoms with Gasteiger partial charge in [-0.1, -0.05) is 35.5 Å². The molecule has 4 heteroatoms. The van der Waals surface area contributed by atoms with E-state index in [1.165, 1.54) is 0 Å². The maximum atomic E-state index is 5.19. The molecule has 0 saturated carbocycles. The normalized spacial score (nSPS) is 10.8. The number of hydrogen-bond donors (Lipinski definition) is 0. The average molecular weight is 296 g/mol. The summed E-state index contributed by atoms with van der Waals surface area (Å²) < 4.78 is 1.07. The number of hydrogen-bond acceptors (Lipinski definition) is 3. The van der Waals surface area contributed by atoms with Crippen molar-refractivity contribution in [1.29, 1.82) is 0 Å². The van der Waals surface area contributed by atoms with E-state index in [0.29, 0.717) is 6.61 Å². The van der Waals surface area contributed by atoms with Crippen molar-refractivity contribution in [3.8, 4) is 0 Å². The van der Waals surface area contributed by atoms with Crippen LogP contribution in [0.5, 0.6) is 0 Å². The van der Waals surface area contributed by atoms with E-state index < -0.39 is 0 Å². The minimum atomic E-state index is 0.504. The molecule has 0 spiro atoms. The van der Waals surface area contributed by atoms with E-state index in [9.17, 15) is 0 Å². The zero-order chi connectivity index (χ0) is 11.2. The van der Waals surface area contributed by atoms with Crippen molar-refractivity contribution >= 4 is 33.5 Å². The Balaban J connectivity index is 1.82. The molecule has 0 saturated heterocycles. The fraction of sp³-hybridized carbons (Fsp3) is 0.0833. The largest absolute Gasteiger partial charge is 0.391 e. The minimum Gasteiger partial charge on any atom is -0.391 e. The predicted octanol–water partition coefficient (Wildman–Crippen LogP) is 4.06. The van der Waals surface area contributed by atoms with Crippen LogP contribution in [0.25, 0.3) is 0 Å². The second-order valence-corrected chi connectivity index (χ2v) is 5.02. The van der Waals surface area contributed by atoms with Crippen LogP contribution < -0.4 is 0 Å². The van der Waals surface area contributed by atoms with Crippen LogP contribution in [0.2, 0.25) is 0 Å². The van der Waals surface area contributed by atoms with Gasteiger partial charge in [0.25, 0.3) is 0 Å². The molecule has 0 amide bonds. The molecule has 0 aliphatic heterocycles. The maximum absolute atomic E-state index is 5.19. The van der Waals surface area contributed by atoms with E-state index in [4.69, 9.17) is 4.84 Å². The van der Waals surface area contributed by atoms with Crippen LogP contribution in [-0.4, -0.2) is 6.21 Å². The molecular formula is C12H10BrNOS. The summed E-state index contributed by atoms with van der Waals surface area (Å²) in [4.78, 5) is 6.26. The van der Waals surface area contributed by atoms with Gasteiger partial charge in [-0.25, -0.2) is 0 Å². The molecule has 0 radical (unpaired) electrons. The lowest BCUT2D eigenvalue weighted by Gasteiger charge is -1.97. The molecule has 2 aromatic rings. The van der Waals surface area contributed by atoms with Gasteiger partial charge in [0, 0.05) is 14.7 Å². The van der Waals surface area contributed by atoms with Gasteiger partial charge in [0.05, 0.1) is 6.21 Å². The van der Waals surface area contributed by atoms with E-state index in [-0.39, 0.29) is 0 Å². The van der Waals surface area contributed by atoms with E-state index in [2.05, 4.69) is 21.1 Å². The van der Waals surface area contributed by atoms with Gasteiger partial charge in [0.2, 0.25) is 0 Å². The van der Waals surface area contributed by atoms with Gasteiger partial charge in [-0.05, 0) is 27.6 Å². The first-order valence-corrected chi connectivity index (χ1v) is 6.45. The number of nitrogens with zero attached hydrogens (tertiary/aromatic N) is 1. The van der Waals surface area contributed by atoms with Gasteiger partial charge in [-0.15, -0.1) is 11.3 Å². The molecule has 0 N–H and O–H groups in total. The lowest BCUT2D eigenvalue weighted by Crippen LogP contribution is -1.86. The molecule has 0 atom stereocenters. The van der Waals surface area contributed by atoms with Crippen LogP contribution in [0.15, 0.2) is 51.4 Å². The molecule has 0 bridgehead atoms. The SMILES string of the molecule is Brc1csc(/C=N/OCc2ccccc2)c1. The Morgan fingerprint density at radius 2 is 2.12 bits per heavy atom. The van der Waals surface area contributed by atoms with Gasteiger partial charge < -0.3 is 4.84 Å². The first-order valence-electron chi connectivity index (χ1n) is 4.78. The summed E-state index contributed by atoms with van der Waals surface area (Å²) in [5.74, 6) is 0. The summed E-state index contributed by atoms with van der Waals surface area (Å²) in [5, 5.41) is 5.93. The molecule has 0 aliphatic rings. The first kappa shape index (κ1) is 11.4. The second kappa shape index (κ2) is 5.82. The lowest BCUT2D eigenvalue weighted by atomic mass is 10.2. The molecule has 2 nitrogen and oxygen atoms in total. The highest BCUT2D eigenvalue weighted by molar-refractivity contribution is 9.10. The number of oxime groups is 1. The third-order valence-electron chi connectivity index (χ3n) is 1.92. The van der Waals surface area contributed by atoms with Gasteiger partial charge in [0.1, 0.15) is 6.61 Å². The molecule has 0 unspecified atom stereocenters. The Kier molecular flexibility index (Phi) is 4.13. The molecule has 16 heavy (non-hydrogen) atoms. The Bertz CT molecular complexity index is 467. The second-order valence-electron chi connectivity index (χ2n) is 3.16. The Morgan fingerprint density at radius 1 is 1.31 bits per heavy atom. The summed E-state index contributed by atoms with van der Waals surface area (Å²) in [6.07, 6.45) is 1.72. The topological polar surface area (TPSA) is 21.6 Å². The van der Waals surface area contributed by atoms with Crippen LogP contribution in [0.3, 0.4) is 0 Å². The zero-order valence-corrected chi connectivity index (χ0v) is 10.9. The number of halogens is 1. The zero-order valence-electron chi connectivity index (χ0n) is 8.47. The van der Waals surface area contributed by atoms with E-state index >= 15 is 0 Å². The van der Waals surface area contributed by atoms with Crippen molar-refractivity contribution in [2.45, 2.75) is 6.61 Å². The average Bonchev–Trinajstić information content (AvgIpc) is 2.72. The van der Waals surface area contributed by atoms with Gasteiger partial charge in [-0.3, -0.25) is 0 Å². The smallest absolute Gasteiger partial charge is 0.142 e. The highest BCUT2D eigenvalue weighted by Crippen LogP contribution is 2.17. The lowest BCUT2D eigenvalue weighted by molar-refractivity contribution is 0.132. The monoisotopic (exact) mass is 295 g/mol. The number of benzene rings is 1. The fourth-order valence-electron chi connectivity index (χ4n) is 1.17. The van der Waals surface area contributed by atoms with Crippen LogP contribution in [0.4, 0.5) is 0 Å². The Morgan fingerprint density at radius 3 is 2.81 bits per heavy atom. The van der Waals surface area contributed by atoms with E-state index in [1.54, 1.807) is 17.6 Å². The van der Waals surface area contributed by atoms with Crippen LogP contribution in [0, 0.1) is 0 Å². The summed E-state index contributed by atoms with van der Waals surface area (Å²) in [7, 11) is 0. The van der Waals surface area contributed by atoms with Crippen molar-refractivity contribution in [1.82, 2.24) is 0 Å². The molecule has 0 fully saturated rings. The molecule has 1 heterocycles. The third kappa shape index (κ3) is 3.47. The summed E-state index contributed by atoms with van der Waals surface area (Å²) in [6.45, 7) is 0.504. The number of thiophene rings is 1. The molecule has 0 aliphatic carbocycles. The van der Waals surface area contributed by atoms with Crippen LogP contribution in [0.1, 0.15) is 10.4 Å². The predicted molar refractivity (Wildman–Crippen MR) is 70.8 cm³/mol. The molecule has 1 aromatic heterocycles. The fourth-order valence-corrected chi connectivity index (χ4v) is 2.47. The van der Waals surface area contributed by atoms with Gasteiger partial charge in [0.15, 0.2) is 0 Å². The van der Waals surface area contributed by atoms with E-state index in [1.807, 2.05) is 41.8 Å². The highest BCUT2D eigenvalue weighted by Gasteiger charge is 1.93. The molecule has 82 valence electrons.